The van der Waals surface area contributed by atoms with E-state index in [4.69, 9.17) is 70.2 Å². The quantitative estimate of drug-likeness (QED) is 0.0145. The number of carbonyl (C=O) groups excluding carboxylic acids is 8. The van der Waals surface area contributed by atoms with Gasteiger partial charge in [-0.1, -0.05) is 157 Å². The number of nitrogens with one attached hydrogen (secondary N) is 3. The molecule has 0 spiro atoms. The zero-order chi connectivity index (χ0) is 103. The minimum Gasteiger partial charge on any atom is -0.480 e. The number of carboxylic acids is 4. The first-order chi connectivity index (χ1) is 57.2. The number of ketones is 5. The van der Waals surface area contributed by atoms with Crippen molar-refractivity contribution in [2.24, 2.45) is 34.1 Å². The van der Waals surface area contributed by atoms with E-state index < -0.39 is 91.2 Å². The molecule has 0 aliphatic heterocycles. The molecule has 0 radical (unpaired) electrons. The number of halogens is 1. The van der Waals surface area contributed by atoms with Gasteiger partial charge in [0.15, 0.2) is 16.7 Å². The molecular formula is C88H159ClN12O20S7. The topological polar surface area (TPSA) is 567 Å². The lowest BCUT2D eigenvalue weighted by Crippen LogP contribution is -2.44. The van der Waals surface area contributed by atoms with Gasteiger partial charge in [-0.15, -0.1) is 5.10 Å². The fourth-order valence-electron chi connectivity index (χ4n) is 9.89. The molecule has 0 saturated carbocycles. The lowest BCUT2D eigenvalue weighted by Gasteiger charge is -2.25. The van der Waals surface area contributed by atoms with E-state index in [-0.39, 0.29) is 128 Å². The monoisotopic (exact) mass is 1960 g/mol. The molecule has 0 saturated heterocycles. The first-order valence-electron chi connectivity index (χ1n) is 41.6. The number of nitrogens with two attached hydrogens (primary N) is 5. The first kappa shape index (κ1) is 135. The summed E-state index contributed by atoms with van der Waals surface area (Å²) in [4.78, 5) is 147. The van der Waals surface area contributed by atoms with Crippen molar-refractivity contribution in [3.63, 3.8) is 0 Å². The van der Waals surface area contributed by atoms with Crippen molar-refractivity contribution in [1.82, 2.24) is 31.1 Å². The highest BCUT2D eigenvalue weighted by atomic mass is 35.5. The Morgan fingerprint density at radius 2 is 0.883 bits per heavy atom. The van der Waals surface area contributed by atoms with Crippen LogP contribution in [0.15, 0.2) is 40.9 Å². The minimum atomic E-state index is -1.18. The Balaban J connectivity index is -0.000000259. The second-order valence-corrected chi connectivity index (χ2v) is 47.3. The number of carbonyl (C=O) groups is 12. The maximum atomic E-state index is 12.2. The van der Waals surface area contributed by atoms with Crippen molar-refractivity contribution < 1.29 is 92.4 Å². The molecule has 40 heteroatoms. The van der Waals surface area contributed by atoms with Crippen LogP contribution in [-0.2, 0) is 73.1 Å². The number of aryl methyl sites for hydroxylation is 2. The number of amides is 3. The van der Waals surface area contributed by atoms with Gasteiger partial charge in [0.05, 0.1) is 33.5 Å². The largest absolute Gasteiger partial charge is 0.480 e. The number of Topliss-reactive ketones (excluding diaryl/α,β-unsaturated/α-hetero) is 5. The molecule has 32 nitrogen and oxygen atoms in total. The average molecular weight is 1970 g/mol. The predicted molar refractivity (Wildman–Crippen MR) is 535 cm³/mol. The van der Waals surface area contributed by atoms with Crippen LogP contribution in [0.3, 0.4) is 0 Å². The van der Waals surface area contributed by atoms with E-state index in [2.05, 4.69) is 188 Å². The number of rotatable bonds is 37. The summed E-state index contributed by atoms with van der Waals surface area (Å²) in [6.07, 6.45) is 5.97. The predicted octanol–water partition coefficient (Wildman–Crippen LogP) is 13.8. The number of furan rings is 1. The summed E-state index contributed by atoms with van der Waals surface area (Å²) in [6, 6.07) is 3.05. The van der Waals surface area contributed by atoms with Crippen molar-refractivity contribution in [1.29, 1.82) is 0 Å². The maximum absolute atomic E-state index is 12.2. The van der Waals surface area contributed by atoms with E-state index in [0.29, 0.717) is 54.8 Å². The van der Waals surface area contributed by atoms with Crippen LogP contribution in [0.4, 0.5) is 5.69 Å². The smallest absolute Gasteiger partial charge is 0.326 e. The Bertz CT molecular complexity index is 3830. The molecule has 0 aromatic carbocycles. The Labute approximate surface area is 805 Å². The normalized spacial score (nSPS) is 13.2. The zero-order valence-corrected chi connectivity index (χ0v) is 88.1. The summed E-state index contributed by atoms with van der Waals surface area (Å²) < 4.78 is 3.01. The van der Waals surface area contributed by atoms with Crippen LogP contribution in [0.5, 0.6) is 0 Å². The summed E-state index contributed by atoms with van der Waals surface area (Å²) >= 11 is 35.3. The molecule has 740 valence electrons. The third-order valence-electron chi connectivity index (χ3n) is 16.4. The van der Waals surface area contributed by atoms with Crippen molar-refractivity contribution in [3.8, 4) is 0 Å². The van der Waals surface area contributed by atoms with E-state index in [9.17, 15) is 67.6 Å². The van der Waals surface area contributed by atoms with Gasteiger partial charge in [0.2, 0.25) is 17.7 Å². The van der Waals surface area contributed by atoms with Gasteiger partial charge in [-0.2, -0.15) is 93.5 Å². The van der Waals surface area contributed by atoms with Gasteiger partial charge >= 0.3 is 23.9 Å². The van der Waals surface area contributed by atoms with Crippen LogP contribution < -0.4 is 44.6 Å². The second kappa shape index (κ2) is 64.0. The van der Waals surface area contributed by atoms with E-state index in [1.54, 1.807) is 39.8 Å². The number of hydrogen-bond acceptors (Lipinski definition) is 31. The van der Waals surface area contributed by atoms with Crippen molar-refractivity contribution in [3.05, 3.63) is 80.3 Å². The SMILES string of the molecule is CC(=O)C(CC(C)(C)S)NC(=O)CCC(N)C(=O)O.CC(=O)CCC(=O)C(CC(C)(C)S)NC(=O)CCC(N)C(=O)O.CC(=O)CCC(=O)C(N)CC(C)(C)S.CC(=O)N[C@@H](CC(C)(C)S)C(=O)O.CC(C)(C)CCN.CC(C)(C)c1ccc(Cl)nn1.CC(C)(S)CCO.CC(C)(S)C[C@H](N)C(=O)O.CC(C)(S)c1ncccc1[N+](=O)[O-].Cc1cc(C(C)(C)C)c(C)o1. The molecule has 5 unspecified atom stereocenters. The van der Waals surface area contributed by atoms with E-state index >= 15 is 0 Å². The number of aliphatic hydroxyl groups is 1. The summed E-state index contributed by atoms with van der Waals surface area (Å²) in [6.45, 7) is 56.0. The standard InChI is InChI=1S/C15H26N2O5S.C12H22N2O4S.C10H19NO2S.C10H16O.C8H11ClN2.C8H10N2O2S.C8H15NO3S.C6H13NO2S.C6H15N.C5H12OS/c1-9(18)4-6-12(19)11(8-15(2,3)23)17-13(20)7-5-10(16)14(21)22;1-7(15)9(6-12(2,3)19)14-10(16)5-4-8(13)11(17)18;1-7(12)4-5-9(13)8(11)6-10(2,3)14;1-7-6-9(8(2)11-7)10(3,4)5;1-8(2,3)6-4-5-7(9)11-10-6;1-8(2,13)7-6(10(11)12)4-3-5-9-7;1-5(10)9-6(7(11)12)4-8(2,3)13;1-6(2,10)3-4(7)5(8)9;1-6(2,3)4-5-7;1-5(2,7)3-4-6/h10-11,23H,4-8,16H2,1-3H3,(H,17,20)(H,21,22);8-9,19H,4-6,13H2,1-3H3,(H,14,16)(H,17,18);8,14H,4-6,11H2,1-3H3;6H,1-5H3;4-5H,1-3H3;3-5,13H,1-2H3;6,13H,4H2,1-3H3,(H,9,10)(H,11,12);4,10H,3,7H2,1-2H3,(H,8,9);4-5,7H2,1-3H3;6-7H,3-4H2,1-2H3/t;;;;;;6-;4-;;/m......00../s1. The Morgan fingerprint density at radius 1 is 0.492 bits per heavy atom. The fourth-order valence-corrected chi connectivity index (χ4v) is 11.2. The third kappa shape index (κ3) is 84.3. The molecule has 3 aromatic heterocycles. The van der Waals surface area contributed by atoms with Crippen LogP contribution in [-0.4, -0.2) is 200 Å². The highest BCUT2D eigenvalue weighted by Crippen LogP contribution is 2.33. The zero-order valence-electron chi connectivity index (χ0n) is 81.1. The number of aromatic nitrogens is 3. The van der Waals surface area contributed by atoms with Crippen LogP contribution in [0.1, 0.15) is 312 Å². The summed E-state index contributed by atoms with van der Waals surface area (Å²) in [5.74, 6) is -3.95. The Morgan fingerprint density at radius 3 is 1.13 bits per heavy atom. The molecule has 3 heterocycles. The van der Waals surface area contributed by atoms with Crippen molar-refractivity contribution in [2.45, 2.75) is 383 Å². The molecular weight excluding hydrogens is 1800 g/mol. The van der Waals surface area contributed by atoms with Gasteiger partial charge in [-0.3, -0.25) is 58.2 Å². The van der Waals surface area contributed by atoms with Gasteiger partial charge in [0.1, 0.15) is 58.7 Å². The molecule has 3 rings (SSSR count). The van der Waals surface area contributed by atoms with E-state index in [1.807, 2.05) is 89.2 Å². The molecule has 128 heavy (non-hydrogen) atoms. The molecule has 0 aliphatic rings. The number of pyridine rings is 1. The van der Waals surface area contributed by atoms with Gasteiger partial charge < -0.3 is 84.2 Å². The molecule has 0 bridgehead atoms. The van der Waals surface area contributed by atoms with Crippen molar-refractivity contribution in [2.75, 3.05) is 13.2 Å². The number of aliphatic carboxylic acids is 4. The third-order valence-corrected chi connectivity index (χ3v) is 17.9. The molecule has 3 aromatic rings. The van der Waals surface area contributed by atoms with Crippen LogP contribution in [0.25, 0.3) is 0 Å². The summed E-state index contributed by atoms with van der Waals surface area (Å²) in [5, 5.41) is 69.1. The highest BCUT2D eigenvalue weighted by Gasteiger charge is 2.32. The van der Waals surface area contributed by atoms with Gasteiger partial charge in [0, 0.05) is 98.2 Å². The first-order valence-corrected chi connectivity index (χ1v) is 45.1. The number of thiol groups is 7. The number of nitrogens with zero attached hydrogens (tertiary/aromatic N) is 4. The minimum absolute atomic E-state index is 0.00521. The van der Waals surface area contributed by atoms with Gasteiger partial charge in [-0.25, -0.2) is 4.79 Å². The molecule has 0 fully saturated rings. The molecule has 3 amide bonds. The van der Waals surface area contributed by atoms with Gasteiger partial charge in [0.25, 0.3) is 5.69 Å². The maximum Gasteiger partial charge on any atom is 0.326 e. The highest BCUT2D eigenvalue weighted by molar-refractivity contribution is 7.82. The molecule has 18 N–H and O–H groups in total. The van der Waals surface area contributed by atoms with Crippen LogP contribution >= 0.6 is 100 Å². The number of hydrogen-bond donors (Lipinski definition) is 20. The number of nitro groups is 1. The lowest BCUT2D eigenvalue weighted by atomic mass is 9.87. The summed E-state index contributed by atoms with van der Waals surface area (Å²) in [5.41, 5.74) is 30.3. The number of aliphatic hydroxyl groups excluding tert-OH is 1. The molecule has 0 aliphatic carbocycles. The average Bonchev–Trinajstić information content (AvgIpc) is 1.51. The van der Waals surface area contributed by atoms with Crippen molar-refractivity contribution >= 4 is 176 Å². The number of carboxylic acid groups (broad SMARTS) is 4. The van der Waals surface area contributed by atoms with Crippen LogP contribution in [0, 0.1) is 29.4 Å². The Hall–Kier alpha value is -5.95. The Kier molecular flexibility index (Phi) is 67.6. The van der Waals surface area contributed by atoms with E-state index in [0.717, 1.165) is 36.6 Å². The molecule has 7 atom stereocenters. The summed E-state index contributed by atoms with van der Waals surface area (Å²) in [7, 11) is 0. The second-order valence-electron chi connectivity index (χ2n) is 38.5. The van der Waals surface area contributed by atoms with Crippen LogP contribution in [0.2, 0.25) is 5.15 Å². The fraction of sp³-hybridized carbons (Fsp3) is 0.716. The van der Waals surface area contributed by atoms with E-state index in [1.165, 1.54) is 45.5 Å². The lowest BCUT2D eigenvalue weighted by molar-refractivity contribution is -0.386. The van der Waals surface area contributed by atoms with Gasteiger partial charge in [-0.05, 0) is 153 Å².